The topological polar surface area (TPSA) is 38.3 Å². The van der Waals surface area contributed by atoms with Crippen LogP contribution in [0.5, 0.6) is 5.75 Å². The van der Waals surface area contributed by atoms with Crippen LogP contribution >= 0.6 is 0 Å². The quantitative estimate of drug-likeness (QED) is 0.876. The summed E-state index contributed by atoms with van der Waals surface area (Å²) >= 11 is 0. The standard InChI is InChI=1S/C19H23NO2/c1-4-18(16-10-8-14(2)9-11-16)20-19(21)13-22-17-7-5-6-15(3)12-17/h5-12,18H,4,13H2,1-3H3,(H,20,21). The normalized spacial score (nSPS) is 11.8. The average Bonchev–Trinajstić information content (AvgIpc) is 2.52. The molecule has 0 saturated heterocycles. The number of carbonyl (C=O) groups is 1. The first-order valence-corrected chi connectivity index (χ1v) is 7.64. The van der Waals surface area contributed by atoms with Gasteiger partial charge in [0.1, 0.15) is 5.75 Å². The Kier molecular flexibility index (Phi) is 5.59. The van der Waals surface area contributed by atoms with Gasteiger partial charge in [-0.3, -0.25) is 4.79 Å². The van der Waals surface area contributed by atoms with Crippen LogP contribution in [-0.4, -0.2) is 12.5 Å². The number of rotatable bonds is 6. The molecule has 1 N–H and O–H groups in total. The molecule has 0 aliphatic carbocycles. The van der Waals surface area contributed by atoms with E-state index in [1.54, 1.807) is 0 Å². The van der Waals surface area contributed by atoms with E-state index in [0.29, 0.717) is 0 Å². The number of nitrogens with one attached hydrogen (secondary N) is 1. The van der Waals surface area contributed by atoms with Gasteiger partial charge < -0.3 is 10.1 Å². The number of ether oxygens (including phenoxy) is 1. The van der Waals surface area contributed by atoms with E-state index in [1.807, 2.05) is 31.2 Å². The SMILES string of the molecule is CCC(NC(=O)COc1cccc(C)c1)c1ccc(C)cc1. The monoisotopic (exact) mass is 297 g/mol. The highest BCUT2D eigenvalue weighted by Gasteiger charge is 2.13. The summed E-state index contributed by atoms with van der Waals surface area (Å²) in [4.78, 5) is 12.1. The number of hydrogen-bond acceptors (Lipinski definition) is 2. The van der Waals surface area contributed by atoms with E-state index >= 15 is 0 Å². The van der Waals surface area contributed by atoms with E-state index in [4.69, 9.17) is 4.74 Å². The fourth-order valence-electron chi connectivity index (χ4n) is 2.31. The van der Waals surface area contributed by atoms with E-state index in [2.05, 4.69) is 43.4 Å². The lowest BCUT2D eigenvalue weighted by atomic mass is 10.0. The summed E-state index contributed by atoms with van der Waals surface area (Å²) in [5.74, 6) is 0.618. The van der Waals surface area contributed by atoms with Crippen LogP contribution in [0.1, 0.15) is 36.1 Å². The smallest absolute Gasteiger partial charge is 0.258 e. The van der Waals surface area contributed by atoms with Gasteiger partial charge in [-0.05, 0) is 43.5 Å². The van der Waals surface area contributed by atoms with Gasteiger partial charge in [0.05, 0.1) is 6.04 Å². The summed E-state index contributed by atoms with van der Waals surface area (Å²) < 4.78 is 5.54. The van der Waals surface area contributed by atoms with Crippen molar-refractivity contribution in [1.82, 2.24) is 5.32 Å². The zero-order valence-electron chi connectivity index (χ0n) is 13.4. The molecule has 3 heteroatoms. The Morgan fingerprint density at radius 2 is 1.82 bits per heavy atom. The number of amides is 1. The maximum Gasteiger partial charge on any atom is 0.258 e. The van der Waals surface area contributed by atoms with E-state index in [1.165, 1.54) is 5.56 Å². The molecule has 1 amide bonds. The molecule has 0 heterocycles. The highest BCUT2D eigenvalue weighted by atomic mass is 16.5. The third-order valence-corrected chi connectivity index (χ3v) is 3.58. The minimum Gasteiger partial charge on any atom is -0.484 e. The summed E-state index contributed by atoms with van der Waals surface area (Å²) in [5, 5.41) is 3.02. The minimum absolute atomic E-state index is 0.0224. The Morgan fingerprint density at radius 1 is 1.09 bits per heavy atom. The maximum absolute atomic E-state index is 12.1. The van der Waals surface area contributed by atoms with E-state index in [0.717, 1.165) is 23.3 Å². The molecule has 0 saturated carbocycles. The van der Waals surface area contributed by atoms with Gasteiger partial charge in [-0.15, -0.1) is 0 Å². The lowest BCUT2D eigenvalue weighted by molar-refractivity contribution is -0.123. The summed E-state index contributed by atoms with van der Waals surface area (Å²) in [6, 6.07) is 16.0. The molecular formula is C19H23NO2. The predicted octanol–water partition coefficient (Wildman–Crippen LogP) is 3.95. The van der Waals surface area contributed by atoms with E-state index in [9.17, 15) is 4.79 Å². The molecule has 1 unspecified atom stereocenters. The van der Waals surface area contributed by atoms with Crippen LogP contribution in [-0.2, 0) is 4.79 Å². The molecule has 0 aromatic heterocycles. The molecule has 3 nitrogen and oxygen atoms in total. The van der Waals surface area contributed by atoms with Crippen LogP contribution in [0.3, 0.4) is 0 Å². The molecule has 0 bridgehead atoms. The summed E-state index contributed by atoms with van der Waals surface area (Å²) in [5.41, 5.74) is 3.45. The third-order valence-electron chi connectivity index (χ3n) is 3.58. The second kappa shape index (κ2) is 7.64. The van der Waals surface area contributed by atoms with Crippen LogP contribution in [0, 0.1) is 13.8 Å². The lowest BCUT2D eigenvalue weighted by Crippen LogP contribution is -2.32. The number of benzene rings is 2. The molecule has 0 aliphatic heterocycles. The molecule has 116 valence electrons. The van der Waals surface area contributed by atoms with Crippen LogP contribution in [0.15, 0.2) is 48.5 Å². The summed E-state index contributed by atoms with van der Waals surface area (Å²) in [7, 11) is 0. The molecule has 2 rings (SSSR count). The van der Waals surface area contributed by atoms with Crippen molar-refractivity contribution in [2.75, 3.05) is 6.61 Å². The first-order chi connectivity index (χ1) is 10.6. The molecular weight excluding hydrogens is 274 g/mol. The largest absolute Gasteiger partial charge is 0.484 e. The Balaban J connectivity index is 1.90. The van der Waals surface area contributed by atoms with Gasteiger partial charge in [0, 0.05) is 0 Å². The second-order valence-electron chi connectivity index (χ2n) is 5.54. The van der Waals surface area contributed by atoms with Crippen molar-refractivity contribution in [1.29, 1.82) is 0 Å². The fraction of sp³-hybridized carbons (Fsp3) is 0.316. The van der Waals surface area contributed by atoms with Gasteiger partial charge in [0.2, 0.25) is 0 Å². The van der Waals surface area contributed by atoms with Gasteiger partial charge in [-0.2, -0.15) is 0 Å². The minimum atomic E-state index is -0.103. The van der Waals surface area contributed by atoms with Crippen molar-refractivity contribution in [3.63, 3.8) is 0 Å². The fourth-order valence-corrected chi connectivity index (χ4v) is 2.31. The van der Waals surface area contributed by atoms with Gasteiger partial charge in [-0.25, -0.2) is 0 Å². The molecule has 22 heavy (non-hydrogen) atoms. The van der Waals surface area contributed by atoms with Crippen LogP contribution in [0.4, 0.5) is 0 Å². The van der Waals surface area contributed by atoms with Crippen molar-refractivity contribution >= 4 is 5.91 Å². The average molecular weight is 297 g/mol. The van der Waals surface area contributed by atoms with Gasteiger partial charge in [0.15, 0.2) is 6.61 Å². The lowest BCUT2D eigenvalue weighted by Gasteiger charge is -2.18. The van der Waals surface area contributed by atoms with E-state index < -0.39 is 0 Å². The van der Waals surface area contributed by atoms with Gasteiger partial charge in [0.25, 0.3) is 5.91 Å². The Morgan fingerprint density at radius 3 is 2.45 bits per heavy atom. The molecule has 2 aromatic rings. The van der Waals surface area contributed by atoms with Crippen molar-refractivity contribution in [3.05, 3.63) is 65.2 Å². The molecule has 2 aromatic carbocycles. The Bertz CT molecular complexity index is 620. The van der Waals surface area contributed by atoms with Crippen LogP contribution < -0.4 is 10.1 Å². The molecule has 0 fully saturated rings. The Hall–Kier alpha value is -2.29. The maximum atomic E-state index is 12.1. The van der Waals surface area contributed by atoms with Crippen LogP contribution in [0.2, 0.25) is 0 Å². The Labute approximate surface area is 132 Å². The highest BCUT2D eigenvalue weighted by Crippen LogP contribution is 2.17. The second-order valence-corrected chi connectivity index (χ2v) is 5.54. The van der Waals surface area contributed by atoms with Crippen molar-refractivity contribution in [3.8, 4) is 5.75 Å². The number of hydrogen-bond donors (Lipinski definition) is 1. The van der Waals surface area contributed by atoms with Crippen molar-refractivity contribution < 1.29 is 9.53 Å². The first-order valence-electron chi connectivity index (χ1n) is 7.64. The predicted molar refractivity (Wildman–Crippen MR) is 89.0 cm³/mol. The van der Waals surface area contributed by atoms with Gasteiger partial charge >= 0.3 is 0 Å². The molecule has 0 radical (unpaired) electrons. The van der Waals surface area contributed by atoms with Crippen molar-refractivity contribution in [2.24, 2.45) is 0 Å². The molecule has 0 aliphatic rings. The highest BCUT2D eigenvalue weighted by molar-refractivity contribution is 5.78. The molecule has 0 spiro atoms. The van der Waals surface area contributed by atoms with Gasteiger partial charge in [-0.1, -0.05) is 48.9 Å². The zero-order chi connectivity index (χ0) is 15.9. The number of carbonyl (C=O) groups excluding carboxylic acids is 1. The van der Waals surface area contributed by atoms with E-state index in [-0.39, 0.29) is 18.6 Å². The zero-order valence-corrected chi connectivity index (χ0v) is 13.4. The summed E-state index contributed by atoms with van der Waals surface area (Å²) in [6.07, 6.45) is 0.846. The molecule has 1 atom stereocenters. The summed E-state index contributed by atoms with van der Waals surface area (Å²) in [6.45, 7) is 6.15. The first kappa shape index (κ1) is 16.1. The van der Waals surface area contributed by atoms with Crippen LogP contribution in [0.25, 0.3) is 0 Å². The number of aryl methyl sites for hydroxylation is 2. The van der Waals surface area contributed by atoms with Crippen molar-refractivity contribution in [2.45, 2.75) is 33.2 Å². The third kappa shape index (κ3) is 4.62.